The molecule has 0 saturated carbocycles. The number of nitrogens with zero attached hydrogens (tertiary/aromatic N) is 3. The lowest BCUT2D eigenvalue weighted by Gasteiger charge is -2.35. The molecule has 3 rings (SSSR count). The number of benzene rings is 1. The molecule has 0 aliphatic carbocycles. The van der Waals surface area contributed by atoms with E-state index in [-0.39, 0.29) is 36.1 Å². The smallest absolute Gasteiger partial charge is 0.415 e. The van der Waals surface area contributed by atoms with Gasteiger partial charge in [0, 0.05) is 49.7 Å². The summed E-state index contributed by atoms with van der Waals surface area (Å²) < 4.78 is 32.3. The highest BCUT2D eigenvalue weighted by Gasteiger charge is 2.38. The van der Waals surface area contributed by atoms with Gasteiger partial charge in [-0.2, -0.15) is 17.4 Å². The monoisotopic (exact) mass is 693 g/mol. The lowest BCUT2D eigenvalue weighted by molar-refractivity contribution is -0.142. The number of carbonyl (C=O) groups excluding carboxylic acids is 3. The van der Waals surface area contributed by atoms with Gasteiger partial charge in [-0.15, -0.1) is 0 Å². The van der Waals surface area contributed by atoms with Crippen LogP contribution in [0.2, 0.25) is 0 Å². The Morgan fingerprint density at radius 2 is 1.70 bits per heavy atom. The van der Waals surface area contributed by atoms with Crippen LogP contribution in [0, 0.1) is 0 Å². The third kappa shape index (κ3) is 11.2. The number of aliphatic carboxylic acids is 1. The van der Waals surface area contributed by atoms with Crippen molar-refractivity contribution >= 4 is 46.5 Å². The van der Waals surface area contributed by atoms with Crippen LogP contribution in [0.1, 0.15) is 38.7 Å². The van der Waals surface area contributed by atoms with E-state index >= 15 is 0 Å². The number of pyridine rings is 1. The minimum Gasteiger partial charge on any atom is -0.480 e. The van der Waals surface area contributed by atoms with E-state index in [0.29, 0.717) is 31.6 Å². The molecule has 15 nitrogen and oxygen atoms in total. The van der Waals surface area contributed by atoms with Crippen molar-refractivity contribution < 1.29 is 37.4 Å². The van der Waals surface area contributed by atoms with Crippen molar-refractivity contribution in [3.63, 3.8) is 0 Å². The molecule has 0 radical (unpaired) electrons. The number of carbonyl (C=O) groups is 4. The highest BCUT2D eigenvalue weighted by molar-refractivity contribution is 7.89. The Labute approximate surface area is 279 Å². The number of aromatic nitrogens is 1. The minimum atomic E-state index is -4.18. The Hall–Kier alpha value is -3.77. The number of nitrogens with one attached hydrogen (secondary N) is 2. The summed E-state index contributed by atoms with van der Waals surface area (Å²) in [5.41, 5.74) is 12.0. The van der Waals surface area contributed by atoms with Crippen LogP contribution < -0.4 is 26.2 Å². The van der Waals surface area contributed by atoms with Gasteiger partial charge in [-0.25, -0.2) is 18.0 Å². The van der Waals surface area contributed by atoms with Gasteiger partial charge >= 0.3 is 12.1 Å². The van der Waals surface area contributed by atoms with Crippen molar-refractivity contribution in [3.8, 4) is 5.75 Å². The van der Waals surface area contributed by atoms with Crippen LogP contribution in [-0.2, 0) is 30.8 Å². The van der Waals surface area contributed by atoms with Crippen LogP contribution in [-0.4, -0.2) is 108 Å². The van der Waals surface area contributed by atoms with Crippen LogP contribution in [0.15, 0.2) is 53.7 Å². The zero-order chi connectivity index (χ0) is 34.8. The molecule has 1 aromatic carbocycles. The molecule has 1 aromatic heterocycles. The Balaban J connectivity index is 1.56. The highest BCUT2D eigenvalue weighted by Crippen LogP contribution is 2.21. The van der Waals surface area contributed by atoms with E-state index < -0.39 is 50.9 Å². The molecule has 0 spiro atoms. The summed E-state index contributed by atoms with van der Waals surface area (Å²) in [5, 5.41) is 12.2. The van der Waals surface area contributed by atoms with Gasteiger partial charge in [-0.1, -0.05) is 18.6 Å². The fourth-order valence-corrected chi connectivity index (χ4v) is 6.35. The number of ether oxygens (including phenoxy) is 1. The van der Waals surface area contributed by atoms with E-state index in [4.69, 9.17) is 16.2 Å². The van der Waals surface area contributed by atoms with Crippen molar-refractivity contribution in [3.05, 3.63) is 54.4 Å². The van der Waals surface area contributed by atoms with Crippen molar-refractivity contribution in [1.29, 1.82) is 0 Å². The SMILES string of the molecule is CC(C)(S)[C@H](NS(=O)(=O)c1cccnc1)C(=O)N[C@@H](Cc1ccc(OC(=O)N2CCN(C(=O)C(N)CCCCN)CC2)cc1)C(=O)O. The number of thiol groups is 1. The van der Waals surface area contributed by atoms with E-state index in [1.54, 1.807) is 17.0 Å². The molecule has 3 amide bonds. The van der Waals surface area contributed by atoms with E-state index in [1.807, 2.05) is 0 Å². The topological polar surface area (TPSA) is 227 Å². The molecule has 0 bridgehead atoms. The largest absolute Gasteiger partial charge is 0.480 e. The molecular weight excluding hydrogens is 651 g/mol. The number of rotatable bonds is 15. The van der Waals surface area contributed by atoms with E-state index in [0.717, 1.165) is 19.0 Å². The molecule has 1 aliphatic heterocycles. The summed E-state index contributed by atoms with van der Waals surface area (Å²) in [7, 11) is -4.18. The first-order valence-corrected chi connectivity index (χ1v) is 17.0. The summed E-state index contributed by atoms with van der Waals surface area (Å²) >= 11 is 4.38. The molecule has 2 aromatic rings. The first kappa shape index (κ1) is 37.7. The third-order valence-corrected chi connectivity index (χ3v) is 9.17. The van der Waals surface area contributed by atoms with Crippen LogP contribution in [0.3, 0.4) is 0 Å². The molecule has 3 atom stereocenters. The maximum atomic E-state index is 13.2. The van der Waals surface area contributed by atoms with Crippen molar-refractivity contribution in [2.24, 2.45) is 11.5 Å². The maximum absolute atomic E-state index is 13.2. The van der Waals surface area contributed by atoms with Gasteiger partial charge in [0.05, 0.1) is 6.04 Å². The molecule has 7 N–H and O–H groups in total. The standard InChI is InChI=1S/C30H43N7O8S2/c1-30(2,46)25(35-47(43,44)22-6-5-13-33-19-22)26(38)34-24(28(40)41)18-20-8-10-21(11-9-20)45-29(42)37-16-14-36(15-17-37)27(39)23(32)7-3-4-12-31/h5-6,8-11,13,19,23-25,35,46H,3-4,7,12,14-18,31-32H2,1-2H3,(H,34,38)(H,40,41)/t23?,24-,25+/m0/s1. The van der Waals surface area contributed by atoms with Crippen molar-refractivity contribution in [2.45, 2.75) is 67.3 Å². The van der Waals surface area contributed by atoms with Crippen molar-refractivity contribution in [2.75, 3.05) is 32.7 Å². The normalized spacial score (nSPS) is 15.8. The van der Waals surface area contributed by atoms with Crippen LogP contribution in [0.5, 0.6) is 5.75 Å². The molecule has 258 valence electrons. The summed E-state index contributed by atoms with van der Waals surface area (Å²) in [6.45, 7) is 4.79. The first-order chi connectivity index (χ1) is 22.1. The van der Waals surface area contributed by atoms with Gasteiger partial charge < -0.3 is 36.4 Å². The molecule has 1 unspecified atom stereocenters. The average Bonchev–Trinajstić information content (AvgIpc) is 3.03. The Morgan fingerprint density at radius 1 is 1.06 bits per heavy atom. The minimum absolute atomic E-state index is 0.144. The lowest BCUT2D eigenvalue weighted by atomic mass is 10.0. The molecule has 1 aliphatic rings. The molecular formula is C30H43N7O8S2. The predicted octanol–water partition coefficient (Wildman–Crippen LogP) is 0.348. The molecule has 47 heavy (non-hydrogen) atoms. The fraction of sp³-hybridized carbons (Fsp3) is 0.500. The van der Waals surface area contributed by atoms with E-state index in [1.165, 1.54) is 49.2 Å². The van der Waals surface area contributed by atoms with Gasteiger partial charge in [-0.3, -0.25) is 14.6 Å². The van der Waals surface area contributed by atoms with Crippen LogP contribution in [0.4, 0.5) is 4.79 Å². The van der Waals surface area contributed by atoms with Gasteiger partial charge in [0.2, 0.25) is 21.8 Å². The number of carboxylic acids is 1. The zero-order valence-electron chi connectivity index (χ0n) is 26.4. The zero-order valence-corrected chi connectivity index (χ0v) is 28.1. The summed E-state index contributed by atoms with van der Waals surface area (Å²) in [6, 6.07) is 5.39. The summed E-state index contributed by atoms with van der Waals surface area (Å²) in [4.78, 5) is 57.4. The van der Waals surface area contributed by atoms with E-state index in [9.17, 15) is 32.7 Å². The Bertz CT molecular complexity index is 1480. The number of sulfonamides is 1. The highest BCUT2D eigenvalue weighted by atomic mass is 32.2. The first-order valence-electron chi connectivity index (χ1n) is 15.1. The van der Waals surface area contributed by atoms with Crippen LogP contribution >= 0.6 is 12.6 Å². The van der Waals surface area contributed by atoms with E-state index in [2.05, 4.69) is 27.7 Å². The second kappa shape index (κ2) is 16.9. The summed E-state index contributed by atoms with van der Waals surface area (Å²) in [6.07, 6.45) is 3.90. The predicted molar refractivity (Wildman–Crippen MR) is 176 cm³/mol. The Morgan fingerprint density at radius 3 is 2.26 bits per heavy atom. The average molecular weight is 694 g/mol. The van der Waals surface area contributed by atoms with Crippen molar-refractivity contribution in [1.82, 2.24) is 24.8 Å². The van der Waals surface area contributed by atoms with Gasteiger partial charge in [0.15, 0.2) is 0 Å². The number of carboxylic acid groups (broad SMARTS) is 1. The second-order valence-corrected chi connectivity index (χ2v) is 14.6. The Kier molecular flexibility index (Phi) is 13.5. The lowest BCUT2D eigenvalue weighted by Crippen LogP contribution is -2.58. The maximum Gasteiger partial charge on any atom is 0.415 e. The quantitative estimate of drug-likeness (QED) is 0.110. The molecule has 2 heterocycles. The van der Waals surface area contributed by atoms with Gasteiger partial charge in [0.1, 0.15) is 22.7 Å². The molecule has 1 fully saturated rings. The number of amides is 3. The molecule has 1 saturated heterocycles. The third-order valence-electron chi connectivity index (χ3n) is 7.51. The van der Waals surface area contributed by atoms with Gasteiger partial charge in [0.25, 0.3) is 0 Å². The fourth-order valence-electron chi connectivity index (χ4n) is 4.77. The summed E-state index contributed by atoms with van der Waals surface area (Å²) in [5.74, 6) is -2.16. The number of unbranched alkanes of at least 4 members (excludes halogenated alkanes) is 1. The van der Waals surface area contributed by atoms with Crippen LogP contribution in [0.25, 0.3) is 0 Å². The number of hydrogen-bond acceptors (Lipinski definition) is 11. The molecule has 17 heteroatoms. The van der Waals surface area contributed by atoms with Gasteiger partial charge in [-0.05, 0) is 63.1 Å². The number of hydrogen-bond donors (Lipinski definition) is 6. The number of nitrogens with two attached hydrogens (primary N) is 2. The second-order valence-electron chi connectivity index (χ2n) is 11.7. The number of piperazine rings is 1.